The third-order valence-corrected chi connectivity index (χ3v) is 4.51. The third kappa shape index (κ3) is 2.68. The van der Waals surface area contributed by atoms with Gasteiger partial charge in [0.05, 0.1) is 6.26 Å². The summed E-state index contributed by atoms with van der Waals surface area (Å²) in [5.74, 6) is -0.481. The number of halogens is 1. The molecule has 0 bridgehead atoms. The number of fused-ring (bicyclic) bond motifs is 1. The number of nitrogens with zero attached hydrogens (tertiary/aromatic N) is 2. The molecular formula is C18H17FN2O3. The van der Waals surface area contributed by atoms with E-state index in [1.807, 2.05) is 4.90 Å². The second-order valence-corrected chi connectivity index (χ2v) is 6.21. The first-order chi connectivity index (χ1) is 11.6. The zero-order valence-corrected chi connectivity index (χ0v) is 13.1. The topological polar surface area (TPSA) is 53.8 Å². The van der Waals surface area contributed by atoms with Crippen LogP contribution < -0.4 is 4.90 Å². The van der Waals surface area contributed by atoms with Crippen molar-refractivity contribution >= 4 is 17.5 Å². The molecule has 24 heavy (non-hydrogen) atoms. The summed E-state index contributed by atoms with van der Waals surface area (Å²) < 4.78 is 18.9. The molecule has 1 fully saturated rings. The number of furan rings is 1. The van der Waals surface area contributed by atoms with Crippen LogP contribution in [-0.4, -0.2) is 29.3 Å². The highest BCUT2D eigenvalue weighted by atomic mass is 19.1. The number of hydrogen-bond donors (Lipinski definition) is 0. The van der Waals surface area contributed by atoms with Crippen molar-refractivity contribution in [3.05, 3.63) is 53.7 Å². The summed E-state index contributed by atoms with van der Waals surface area (Å²) in [5, 5.41) is 0. The highest BCUT2D eigenvalue weighted by Gasteiger charge is 2.35. The summed E-state index contributed by atoms with van der Waals surface area (Å²) in [6.45, 7) is 0.582. The maximum Gasteiger partial charge on any atom is 0.293 e. The lowest BCUT2D eigenvalue weighted by Gasteiger charge is -2.32. The Morgan fingerprint density at radius 1 is 1.25 bits per heavy atom. The maximum atomic E-state index is 13.7. The van der Waals surface area contributed by atoms with Gasteiger partial charge in [0.1, 0.15) is 5.82 Å². The molecule has 2 aromatic rings. The molecule has 0 atom stereocenters. The Labute approximate surface area is 138 Å². The number of rotatable bonds is 2. The minimum atomic E-state index is -0.372. The normalized spacial score (nSPS) is 18.1. The van der Waals surface area contributed by atoms with E-state index in [4.69, 9.17) is 4.42 Å². The molecule has 6 heteroatoms. The first-order valence-electron chi connectivity index (χ1n) is 8.07. The predicted octanol–water partition coefficient (Wildman–Crippen LogP) is 2.96. The van der Waals surface area contributed by atoms with E-state index in [-0.39, 0.29) is 42.4 Å². The van der Waals surface area contributed by atoms with E-state index < -0.39 is 0 Å². The second kappa shape index (κ2) is 5.78. The summed E-state index contributed by atoms with van der Waals surface area (Å²) in [6, 6.07) is 7.83. The molecule has 0 radical (unpaired) electrons. The van der Waals surface area contributed by atoms with Crippen molar-refractivity contribution in [1.82, 2.24) is 4.90 Å². The number of hydrogen-bond acceptors (Lipinski definition) is 3. The van der Waals surface area contributed by atoms with Crippen molar-refractivity contribution in [3.8, 4) is 0 Å². The van der Waals surface area contributed by atoms with Crippen molar-refractivity contribution < 1.29 is 18.4 Å². The van der Waals surface area contributed by atoms with Gasteiger partial charge in [-0.25, -0.2) is 4.39 Å². The van der Waals surface area contributed by atoms with Crippen molar-refractivity contribution in [1.29, 1.82) is 0 Å². The van der Waals surface area contributed by atoms with Crippen LogP contribution in [0, 0.1) is 5.82 Å². The Morgan fingerprint density at radius 3 is 2.79 bits per heavy atom. The molecule has 1 aliphatic heterocycles. The minimum Gasteiger partial charge on any atom is -0.459 e. The SMILES string of the molecule is O=C(c1ccco1)N1CCC(=O)N(C2CC2)Cc2cc(F)ccc21. The number of anilines is 1. The van der Waals surface area contributed by atoms with Crippen molar-refractivity contribution in [2.45, 2.75) is 31.8 Å². The average Bonchev–Trinajstić information content (AvgIpc) is 3.24. The van der Waals surface area contributed by atoms with E-state index in [1.54, 1.807) is 18.2 Å². The molecular weight excluding hydrogens is 311 g/mol. The van der Waals surface area contributed by atoms with Gasteiger partial charge in [-0.3, -0.25) is 9.59 Å². The Bertz CT molecular complexity index is 784. The van der Waals surface area contributed by atoms with E-state index in [0.29, 0.717) is 17.8 Å². The van der Waals surface area contributed by atoms with Crippen LogP contribution >= 0.6 is 0 Å². The zero-order valence-electron chi connectivity index (χ0n) is 13.1. The van der Waals surface area contributed by atoms with Gasteiger partial charge in [0.25, 0.3) is 5.91 Å². The molecule has 0 saturated heterocycles. The Morgan fingerprint density at radius 2 is 2.08 bits per heavy atom. The fourth-order valence-electron chi connectivity index (χ4n) is 3.15. The standard InChI is InChI=1S/C18H17FN2O3/c19-13-3-6-15-12(10-13)11-21(14-4-5-14)17(22)7-8-20(15)18(23)16-2-1-9-24-16/h1-3,6,9-10,14H,4-5,7-8,11H2. The van der Waals surface area contributed by atoms with Crippen LogP contribution in [0.2, 0.25) is 0 Å². The van der Waals surface area contributed by atoms with E-state index in [2.05, 4.69) is 0 Å². The fraction of sp³-hybridized carbons (Fsp3) is 0.333. The molecule has 2 amide bonds. The zero-order chi connectivity index (χ0) is 16.7. The van der Waals surface area contributed by atoms with E-state index in [1.165, 1.54) is 23.3 Å². The molecule has 5 nitrogen and oxygen atoms in total. The van der Waals surface area contributed by atoms with Crippen LogP contribution in [0.5, 0.6) is 0 Å². The largest absolute Gasteiger partial charge is 0.459 e. The van der Waals surface area contributed by atoms with Crippen molar-refractivity contribution in [2.24, 2.45) is 0 Å². The predicted molar refractivity (Wildman–Crippen MR) is 85.0 cm³/mol. The molecule has 4 rings (SSSR count). The minimum absolute atomic E-state index is 0.00431. The molecule has 1 aromatic carbocycles. The summed E-state index contributed by atoms with van der Waals surface area (Å²) in [4.78, 5) is 28.5. The van der Waals surface area contributed by atoms with Gasteiger partial charge in [-0.05, 0) is 48.7 Å². The van der Waals surface area contributed by atoms with Crippen LogP contribution in [0.4, 0.5) is 10.1 Å². The Hall–Kier alpha value is -2.63. The molecule has 0 spiro atoms. The average molecular weight is 328 g/mol. The number of carbonyl (C=O) groups excluding carboxylic acids is 2. The van der Waals surface area contributed by atoms with Gasteiger partial charge in [0.2, 0.25) is 5.91 Å². The molecule has 2 aliphatic rings. The Balaban J connectivity index is 1.74. The van der Waals surface area contributed by atoms with Crippen LogP contribution in [0.25, 0.3) is 0 Å². The first kappa shape index (κ1) is 14.9. The monoisotopic (exact) mass is 328 g/mol. The highest BCUT2D eigenvalue weighted by molar-refractivity contribution is 6.05. The molecule has 0 unspecified atom stereocenters. The molecule has 1 aliphatic carbocycles. The highest BCUT2D eigenvalue weighted by Crippen LogP contribution is 2.33. The summed E-state index contributed by atoms with van der Waals surface area (Å²) >= 11 is 0. The Kier molecular flexibility index (Phi) is 3.59. The number of carbonyl (C=O) groups is 2. The maximum absolute atomic E-state index is 13.7. The van der Waals surface area contributed by atoms with Crippen LogP contribution in [-0.2, 0) is 11.3 Å². The van der Waals surface area contributed by atoms with E-state index in [9.17, 15) is 14.0 Å². The van der Waals surface area contributed by atoms with Crippen LogP contribution in [0.3, 0.4) is 0 Å². The number of amides is 2. The lowest BCUT2D eigenvalue weighted by Crippen LogP contribution is -2.41. The van der Waals surface area contributed by atoms with Gasteiger partial charge in [-0.2, -0.15) is 0 Å². The fourth-order valence-corrected chi connectivity index (χ4v) is 3.15. The second-order valence-electron chi connectivity index (χ2n) is 6.21. The van der Waals surface area contributed by atoms with E-state index >= 15 is 0 Å². The van der Waals surface area contributed by atoms with Gasteiger partial charge in [-0.15, -0.1) is 0 Å². The molecule has 124 valence electrons. The summed E-state index contributed by atoms with van der Waals surface area (Å²) in [7, 11) is 0. The summed E-state index contributed by atoms with van der Waals surface area (Å²) in [6.07, 6.45) is 3.67. The van der Waals surface area contributed by atoms with Gasteiger partial charge in [0.15, 0.2) is 5.76 Å². The van der Waals surface area contributed by atoms with Crippen molar-refractivity contribution in [3.63, 3.8) is 0 Å². The molecule has 2 heterocycles. The molecule has 1 saturated carbocycles. The quantitative estimate of drug-likeness (QED) is 0.852. The van der Waals surface area contributed by atoms with Crippen LogP contribution in [0.1, 0.15) is 35.4 Å². The lowest BCUT2D eigenvalue weighted by molar-refractivity contribution is -0.132. The lowest BCUT2D eigenvalue weighted by atomic mass is 10.1. The van der Waals surface area contributed by atoms with Gasteiger partial charge >= 0.3 is 0 Å². The van der Waals surface area contributed by atoms with Gasteiger partial charge in [0, 0.05) is 31.2 Å². The number of benzene rings is 1. The van der Waals surface area contributed by atoms with Crippen LogP contribution in [0.15, 0.2) is 41.0 Å². The molecule has 0 N–H and O–H groups in total. The first-order valence-corrected chi connectivity index (χ1v) is 8.07. The third-order valence-electron chi connectivity index (χ3n) is 4.51. The van der Waals surface area contributed by atoms with E-state index in [0.717, 1.165) is 12.8 Å². The smallest absolute Gasteiger partial charge is 0.293 e. The van der Waals surface area contributed by atoms with Gasteiger partial charge < -0.3 is 14.2 Å². The van der Waals surface area contributed by atoms with Gasteiger partial charge in [-0.1, -0.05) is 0 Å². The molecule has 1 aromatic heterocycles. The van der Waals surface area contributed by atoms with Crippen molar-refractivity contribution in [2.75, 3.05) is 11.4 Å². The summed E-state index contributed by atoms with van der Waals surface area (Å²) in [5.41, 5.74) is 1.28.